The average molecular weight is 587 g/mol. The first-order valence-corrected chi connectivity index (χ1v) is 14.6. The third-order valence-electron chi connectivity index (χ3n) is 7.31. The molecule has 9 heteroatoms. The Morgan fingerprint density at radius 2 is 1.53 bits per heavy atom. The van der Waals surface area contributed by atoms with Gasteiger partial charge in [0.05, 0.1) is 19.8 Å². The second-order valence-corrected chi connectivity index (χ2v) is 11.8. The topological polar surface area (TPSA) is 118 Å². The molecular weight excluding hydrogens is 544 g/mol. The lowest BCUT2D eigenvalue weighted by atomic mass is 9.84. The second-order valence-electron chi connectivity index (χ2n) is 11.8. The molecule has 0 aliphatic carbocycles. The van der Waals surface area contributed by atoms with Crippen LogP contribution in [0.25, 0.3) is 0 Å². The maximum Gasteiger partial charge on any atom is 0.407 e. The molecule has 0 radical (unpaired) electrons. The molecule has 3 amide bonds. The van der Waals surface area contributed by atoms with Gasteiger partial charge >= 0.3 is 6.09 Å². The molecule has 3 aromatic rings. The van der Waals surface area contributed by atoms with Gasteiger partial charge in [-0.1, -0.05) is 78.9 Å². The van der Waals surface area contributed by atoms with Gasteiger partial charge in [0, 0.05) is 23.7 Å². The summed E-state index contributed by atoms with van der Waals surface area (Å²) in [5.41, 5.74) is 3.07. The van der Waals surface area contributed by atoms with E-state index in [2.05, 4.69) is 21.3 Å². The normalized spacial score (nSPS) is 17.5. The van der Waals surface area contributed by atoms with E-state index in [0.29, 0.717) is 31.7 Å². The third-order valence-corrected chi connectivity index (χ3v) is 7.31. The Kier molecular flexibility index (Phi) is 10.9. The molecule has 1 aliphatic heterocycles. The minimum Gasteiger partial charge on any atom is -0.453 e. The van der Waals surface area contributed by atoms with Gasteiger partial charge in [0.25, 0.3) is 0 Å². The number of hydrogen-bond acceptors (Lipinski definition) is 6. The van der Waals surface area contributed by atoms with E-state index in [9.17, 15) is 14.4 Å². The fraction of sp³-hybridized carbons (Fsp3) is 0.382. The van der Waals surface area contributed by atoms with Crippen molar-refractivity contribution in [2.75, 3.05) is 25.6 Å². The molecule has 1 fully saturated rings. The van der Waals surface area contributed by atoms with E-state index < -0.39 is 18.1 Å². The number of anilines is 1. The van der Waals surface area contributed by atoms with Crippen LogP contribution >= 0.6 is 0 Å². The number of rotatable bonds is 10. The highest BCUT2D eigenvalue weighted by Gasteiger charge is 2.33. The summed E-state index contributed by atoms with van der Waals surface area (Å²) < 4.78 is 10.9. The zero-order valence-corrected chi connectivity index (χ0v) is 25.3. The van der Waals surface area contributed by atoms with Crippen LogP contribution in [0.1, 0.15) is 49.8 Å². The molecule has 4 rings (SSSR count). The van der Waals surface area contributed by atoms with E-state index in [1.165, 1.54) is 7.11 Å². The van der Waals surface area contributed by atoms with Crippen molar-refractivity contribution in [3.8, 4) is 0 Å². The molecule has 9 nitrogen and oxygen atoms in total. The number of aryl methyl sites for hydroxylation is 1. The maximum absolute atomic E-state index is 14.0. The Labute approximate surface area is 253 Å². The van der Waals surface area contributed by atoms with E-state index in [-0.39, 0.29) is 29.5 Å². The Morgan fingerprint density at radius 3 is 2.09 bits per heavy atom. The molecule has 0 aromatic heterocycles. The lowest BCUT2D eigenvalue weighted by Crippen LogP contribution is -2.57. The number of benzene rings is 3. The van der Waals surface area contributed by atoms with Crippen molar-refractivity contribution in [3.63, 3.8) is 0 Å². The first-order chi connectivity index (χ1) is 20.6. The Morgan fingerprint density at radius 1 is 0.930 bits per heavy atom. The second kappa shape index (κ2) is 14.8. The number of morpholine rings is 1. The highest BCUT2D eigenvalue weighted by atomic mass is 16.5. The van der Waals surface area contributed by atoms with Gasteiger partial charge in [0.2, 0.25) is 11.8 Å². The van der Waals surface area contributed by atoms with Crippen molar-refractivity contribution in [2.45, 2.75) is 63.3 Å². The summed E-state index contributed by atoms with van der Waals surface area (Å²) in [7, 11) is 1.28. The predicted molar refractivity (Wildman–Crippen MR) is 167 cm³/mol. The van der Waals surface area contributed by atoms with Gasteiger partial charge in [0.15, 0.2) is 0 Å². The minimum atomic E-state index is -0.952. The summed E-state index contributed by atoms with van der Waals surface area (Å²) >= 11 is 0. The molecule has 43 heavy (non-hydrogen) atoms. The number of alkyl carbamates (subject to hydrolysis) is 1. The summed E-state index contributed by atoms with van der Waals surface area (Å²) in [6.07, 6.45) is 0.587. The molecule has 1 aliphatic rings. The van der Waals surface area contributed by atoms with Gasteiger partial charge in [-0.2, -0.15) is 0 Å². The van der Waals surface area contributed by atoms with Crippen LogP contribution in [0, 0.1) is 0 Å². The zero-order chi connectivity index (χ0) is 30.8. The van der Waals surface area contributed by atoms with Crippen molar-refractivity contribution in [1.82, 2.24) is 16.0 Å². The van der Waals surface area contributed by atoms with Crippen LogP contribution in [0.15, 0.2) is 84.9 Å². The molecule has 4 N–H and O–H groups in total. The van der Waals surface area contributed by atoms with Gasteiger partial charge in [0.1, 0.15) is 12.1 Å². The van der Waals surface area contributed by atoms with Crippen LogP contribution in [0.3, 0.4) is 0 Å². The SMILES string of the molecule is COC(=O)NC(C(=O)Nc1ccccc1CCC1CNC(C(=O)NC(C)(C)C)CO1)C(c1ccccc1)c1ccccc1. The van der Waals surface area contributed by atoms with Crippen molar-refractivity contribution in [2.24, 2.45) is 0 Å². The summed E-state index contributed by atoms with van der Waals surface area (Å²) in [5, 5.41) is 12.1. The Bertz CT molecular complexity index is 1310. The van der Waals surface area contributed by atoms with Crippen LogP contribution in [-0.2, 0) is 25.5 Å². The molecule has 0 spiro atoms. The summed E-state index contributed by atoms with van der Waals surface area (Å²) in [6, 6.07) is 25.5. The van der Waals surface area contributed by atoms with Crippen molar-refractivity contribution >= 4 is 23.6 Å². The number of para-hydroxylation sites is 1. The van der Waals surface area contributed by atoms with Crippen LogP contribution in [0.5, 0.6) is 0 Å². The largest absolute Gasteiger partial charge is 0.453 e. The van der Waals surface area contributed by atoms with E-state index in [1.807, 2.05) is 106 Å². The number of carbonyl (C=O) groups is 3. The van der Waals surface area contributed by atoms with E-state index >= 15 is 0 Å². The quantitative estimate of drug-likeness (QED) is 0.280. The van der Waals surface area contributed by atoms with Crippen LogP contribution in [-0.4, -0.2) is 61.9 Å². The van der Waals surface area contributed by atoms with E-state index in [4.69, 9.17) is 9.47 Å². The minimum absolute atomic E-state index is 0.0709. The highest BCUT2D eigenvalue weighted by Crippen LogP contribution is 2.30. The molecule has 3 aromatic carbocycles. The van der Waals surface area contributed by atoms with Gasteiger partial charge in [-0.25, -0.2) is 4.79 Å². The monoisotopic (exact) mass is 586 g/mol. The number of ether oxygens (including phenoxy) is 2. The lowest BCUT2D eigenvalue weighted by Gasteiger charge is -2.32. The lowest BCUT2D eigenvalue weighted by molar-refractivity contribution is -0.129. The third kappa shape index (κ3) is 9.14. The van der Waals surface area contributed by atoms with E-state index in [0.717, 1.165) is 16.7 Å². The van der Waals surface area contributed by atoms with E-state index in [1.54, 1.807) is 0 Å². The Balaban J connectivity index is 1.47. The predicted octanol–water partition coefficient (Wildman–Crippen LogP) is 4.39. The molecular formula is C34H42N4O5. The fourth-order valence-electron chi connectivity index (χ4n) is 5.21. The highest BCUT2D eigenvalue weighted by molar-refractivity contribution is 5.98. The summed E-state index contributed by atoms with van der Waals surface area (Å²) in [6.45, 7) is 6.70. The summed E-state index contributed by atoms with van der Waals surface area (Å²) in [5.74, 6) is -0.893. The number of nitrogens with one attached hydrogen (secondary N) is 4. The number of hydrogen-bond donors (Lipinski definition) is 4. The van der Waals surface area contributed by atoms with Gasteiger partial charge in [-0.3, -0.25) is 9.59 Å². The maximum atomic E-state index is 14.0. The van der Waals surface area contributed by atoms with Gasteiger partial charge in [-0.15, -0.1) is 0 Å². The summed E-state index contributed by atoms with van der Waals surface area (Å²) in [4.78, 5) is 38.9. The standard InChI is InChI=1S/C34H42N4O5/c1-34(2,3)38-31(39)28-22-43-26(21-35-28)20-19-23-13-11-12-18-27(23)36-32(40)30(37-33(41)42-4)29(24-14-7-5-8-15-24)25-16-9-6-10-17-25/h5-18,26,28-30,35H,19-22H2,1-4H3,(H,36,40)(H,37,41)(H,38,39). The first kappa shape index (κ1) is 31.7. The Hall–Kier alpha value is -4.21. The van der Waals surface area contributed by atoms with Crippen molar-refractivity contribution in [3.05, 3.63) is 102 Å². The number of amides is 3. The number of methoxy groups -OCH3 is 1. The molecule has 228 valence electrons. The molecule has 1 heterocycles. The molecule has 0 bridgehead atoms. The van der Waals surface area contributed by atoms with Crippen molar-refractivity contribution in [1.29, 1.82) is 0 Å². The fourth-order valence-corrected chi connectivity index (χ4v) is 5.21. The number of carbonyl (C=O) groups excluding carboxylic acids is 3. The van der Waals surface area contributed by atoms with Gasteiger partial charge < -0.3 is 30.7 Å². The molecule has 3 unspecified atom stereocenters. The van der Waals surface area contributed by atoms with Crippen LogP contribution < -0.4 is 21.3 Å². The van der Waals surface area contributed by atoms with Gasteiger partial charge in [-0.05, 0) is 56.4 Å². The van der Waals surface area contributed by atoms with Crippen molar-refractivity contribution < 1.29 is 23.9 Å². The first-order valence-electron chi connectivity index (χ1n) is 14.6. The molecule has 1 saturated heterocycles. The van der Waals surface area contributed by atoms with Crippen LogP contribution in [0.2, 0.25) is 0 Å². The smallest absolute Gasteiger partial charge is 0.407 e. The zero-order valence-electron chi connectivity index (χ0n) is 25.3. The van der Waals surface area contributed by atoms with Crippen LogP contribution in [0.4, 0.5) is 10.5 Å². The molecule has 3 atom stereocenters. The molecule has 0 saturated carbocycles. The average Bonchev–Trinajstić information content (AvgIpc) is 3.00.